The predicted molar refractivity (Wildman–Crippen MR) is 99.6 cm³/mol. The van der Waals surface area contributed by atoms with Crippen molar-refractivity contribution in [3.63, 3.8) is 0 Å². The molecule has 1 aliphatic heterocycles. The zero-order chi connectivity index (χ0) is 17.8. The number of benzene rings is 2. The number of fused-ring (bicyclic) bond motifs is 1. The molecule has 0 saturated heterocycles. The number of halogens is 1. The lowest BCUT2D eigenvalue weighted by Crippen LogP contribution is -2.15. The lowest BCUT2D eigenvalue weighted by Gasteiger charge is -2.18. The molecule has 0 atom stereocenters. The second-order valence-electron chi connectivity index (χ2n) is 6.05. The second kappa shape index (κ2) is 7.97. The SMILES string of the molecule is COc1cc(Br)cc(CNCc2ccc3c(c2)OCO3)c1OC(C)C. The van der Waals surface area contributed by atoms with Gasteiger partial charge in [0.15, 0.2) is 23.0 Å². The fraction of sp³-hybridized carbons (Fsp3) is 0.368. The van der Waals surface area contributed by atoms with Crippen molar-refractivity contribution in [2.75, 3.05) is 13.9 Å². The van der Waals surface area contributed by atoms with Gasteiger partial charge < -0.3 is 24.3 Å². The van der Waals surface area contributed by atoms with Crippen LogP contribution in [0.25, 0.3) is 0 Å². The highest BCUT2D eigenvalue weighted by molar-refractivity contribution is 9.10. The van der Waals surface area contributed by atoms with Crippen LogP contribution in [0.2, 0.25) is 0 Å². The van der Waals surface area contributed by atoms with E-state index in [2.05, 4.69) is 21.2 Å². The molecule has 25 heavy (non-hydrogen) atoms. The summed E-state index contributed by atoms with van der Waals surface area (Å²) < 4.78 is 23.2. The Bertz CT molecular complexity index is 748. The summed E-state index contributed by atoms with van der Waals surface area (Å²) in [6.45, 7) is 5.68. The van der Waals surface area contributed by atoms with Crippen molar-refractivity contribution < 1.29 is 18.9 Å². The zero-order valence-electron chi connectivity index (χ0n) is 14.6. The standard InChI is InChI=1S/C19H22BrNO4/c1-12(2)25-19-14(7-15(20)8-18(19)22-3)10-21-9-13-4-5-16-17(6-13)24-11-23-16/h4-8,12,21H,9-11H2,1-3H3. The van der Waals surface area contributed by atoms with Crippen LogP contribution in [0.1, 0.15) is 25.0 Å². The van der Waals surface area contributed by atoms with Gasteiger partial charge in [-0.1, -0.05) is 22.0 Å². The molecule has 0 aromatic heterocycles. The summed E-state index contributed by atoms with van der Waals surface area (Å²) in [5, 5.41) is 3.45. The number of nitrogens with one attached hydrogen (secondary N) is 1. The predicted octanol–water partition coefficient (Wildman–Crippen LogP) is 4.26. The minimum absolute atomic E-state index is 0.0719. The molecule has 1 N–H and O–H groups in total. The molecule has 0 unspecified atom stereocenters. The van der Waals surface area contributed by atoms with Crippen molar-refractivity contribution in [2.24, 2.45) is 0 Å². The monoisotopic (exact) mass is 407 g/mol. The maximum absolute atomic E-state index is 5.96. The Kier molecular flexibility index (Phi) is 5.71. The van der Waals surface area contributed by atoms with Crippen LogP contribution in [0.3, 0.4) is 0 Å². The number of rotatable bonds is 7. The van der Waals surface area contributed by atoms with Gasteiger partial charge in [-0.05, 0) is 43.7 Å². The number of hydrogen-bond acceptors (Lipinski definition) is 5. The molecule has 0 spiro atoms. The lowest BCUT2D eigenvalue weighted by molar-refractivity contribution is 0.174. The van der Waals surface area contributed by atoms with Crippen LogP contribution < -0.4 is 24.3 Å². The molecule has 0 bridgehead atoms. The van der Waals surface area contributed by atoms with Gasteiger partial charge >= 0.3 is 0 Å². The van der Waals surface area contributed by atoms with E-state index in [1.807, 2.05) is 44.2 Å². The van der Waals surface area contributed by atoms with E-state index in [0.717, 1.165) is 38.6 Å². The Balaban J connectivity index is 1.70. The van der Waals surface area contributed by atoms with Gasteiger partial charge in [-0.3, -0.25) is 0 Å². The van der Waals surface area contributed by atoms with E-state index >= 15 is 0 Å². The Morgan fingerprint density at radius 1 is 1.12 bits per heavy atom. The van der Waals surface area contributed by atoms with Gasteiger partial charge in [-0.25, -0.2) is 0 Å². The van der Waals surface area contributed by atoms with Crippen molar-refractivity contribution >= 4 is 15.9 Å². The fourth-order valence-corrected chi connectivity index (χ4v) is 3.15. The van der Waals surface area contributed by atoms with E-state index in [1.54, 1.807) is 7.11 Å². The number of hydrogen-bond donors (Lipinski definition) is 1. The first kappa shape index (κ1) is 17.9. The van der Waals surface area contributed by atoms with Gasteiger partial charge in [0.25, 0.3) is 0 Å². The third-order valence-electron chi connectivity index (χ3n) is 3.75. The first-order valence-electron chi connectivity index (χ1n) is 8.19. The summed E-state index contributed by atoms with van der Waals surface area (Å²) in [6, 6.07) is 9.94. The van der Waals surface area contributed by atoms with E-state index in [0.29, 0.717) is 19.9 Å². The van der Waals surface area contributed by atoms with Gasteiger partial charge in [0.1, 0.15) is 0 Å². The van der Waals surface area contributed by atoms with Crippen LogP contribution in [0, 0.1) is 0 Å². The molecule has 6 heteroatoms. The molecule has 3 rings (SSSR count). The van der Waals surface area contributed by atoms with Crippen LogP contribution in [0.4, 0.5) is 0 Å². The fourth-order valence-electron chi connectivity index (χ4n) is 2.67. The molecule has 2 aromatic rings. The number of ether oxygens (including phenoxy) is 4. The second-order valence-corrected chi connectivity index (χ2v) is 6.97. The van der Waals surface area contributed by atoms with E-state index in [4.69, 9.17) is 18.9 Å². The minimum Gasteiger partial charge on any atom is -0.493 e. The van der Waals surface area contributed by atoms with Gasteiger partial charge in [-0.15, -0.1) is 0 Å². The van der Waals surface area contributed by atoms with Crippen LogP contribution in [0.5, 0.6) is 23.0 Å². The third-order valence-corrected chi connectivity index (χ3v) is 4.21. The van der Waals surface area contributed by atoms with Crippen molar-refractivity contribution in [2.45, 2.75) is 33.0 Å². The maximum atomic E-state index is 5.96. The van der Waals surface area contributed by atoms with Crippen LogP contribution in [-0.4, -0.2) is 20.0 Å². The zero-order valence-corrected chi connectivity index (χ0v) is 16.2. The third kappa shape index (κ3) is 4.38. The van der Waals surface area contributed by atoms with Gasteiger partial charge in [-0.2, -0.15) is 0 Å². The summed E-state index contributed by atoms with van der Waals surface area (Å²) >= 11 is 3.53. The highest BCUT2D eigenvalue weighted by atomic mass is 79.9. The molecule has 1 heterocycles. The van der Waals surface area contributed by atoms with Gasteiger partial charge in [0, 0.05) is 23.1 Å². The first-order valence-corrected chi connectivity index (χ1v) is 8.98. The van der Waals surface area contributed by atoms with Crippen LogP contribution in [0.15, 0.2) is 34.8 Å². The normalized spacial score (nSPS) is 12.5. The maximum Gasteiger partial charge on any atom is 0.231 e. The molecular formula is C19H22BrNO4. The molecule has 0 aliphatic carbocycles. The molecule has 5 nitrogen and oxygen atoms in total. The summed E-state index contributed by atoms with van der Waals surface area (Å²) in [4.78, 5) is 0. The minimum atomic E-state index is 0.0719. The molecular weight excluding hydrogens is 386 g/mol. The first-order chi connectivity index (χ1) is 12.1. The Morgan fingerprint density at radius 2 is 1.92 bits per heavy atom. The molecule has 0 radical (unpaired) electrons. The van der Waals surface area contributed by atoms with Crippen molar-refractivity contribution in [1.29, 1.82) is 0 Å². The highest BCUT2D eigenvalue weighted by Gasteiger charge is 2.15. The van der Waals surface area contributed by atoms with Crippen molar-refractivity contribution in [3.8, 4) is 23.0 Å². The average Bonchev–Trinajstić information content (AvgIpc) is 3.04. The number of methoxy groups -OCH3 is 1. The Labute approximate surface area is 156 Å². The van der Waals surface area contributed by atoms with Gasteiger partial charge in [0.2, 0.25) is 6.79 Å². The van der Waals surface area contributed by atoms with E-state index in [1.165, 1.54) is 0 Å². The molecule has 134 valence electrons. The summed E-state index contributed by atoms with van der Waals surface area (Å²) in [5.74, 6) is 3.10. The van der Waals surface area contributed by atoms with Gasteiger partial charge in [0.05, 0.1) is 13.2 Å². The topological polar surface area (TPSA) is 49.0 Å². The lowest BCUT2D eigenvalue weighted by atomic mass is 10.1. The highest BCUT2D eigenvalue weighted by Crippen LogP contribution is 2.36. The van der Waals surface area contributed by atoms with Crippen LogP contribution >= 0.6 is 15.9 Å². The molecule has 0 amide bonds. The molecule has 0 fully saturated rings. The van der Waals surface area contributed by atoms with Crippen molar-refractivity contribution in [3.05, 3.63) is 45.9 Å². The van der Waals surface area contributed by atoms with Crippen LogP contribution in [-0.2, 0) is 13.1 Å². The van der Waals surface area contributed by atoms with E-state index in [-0.39, 0.29) is 6.10 Å². The average molecular weight is 408 g/mol. The Hall–Kier alpha value is -1.92. The molecule has 2 aromatic carbocycles. The van der Waals surface area contributed by atoms with E-state index < -0.39 is 0 Å². The summed E-state index contributed by atoms with van der Waals surface area (Å²) in [5.41, 5.74) is 2.18. The molecule has 0 saturated carbocycles. The van der Waals surface area contributed by atoms with E-state index in [9.17, 15) is 0 Å². The summed E-state index contributed by atoms with van der Waals surface area (Å²) in [7, 11) is 1.65. The smallest absolute Gasteiger partial charge is 0.231 e. The quantitative estimate of drug-likeness (QED) is 0.742. The summed E-state index contributed by atoms with van der Waals surface area (Å²) in [6.07, 6.45) is 0.0719. The largest absolute Gasteiger partial charge is 0.493 e. The molecule has 1 aliphatic rings. The Morgan fingerprint density at radius 3 is 2.68 bits per heavy atom. The van der Waals surface area contributed by atoms with Crippen molar-refractivity contribution in [1.82, 2.24) is 5.32 Å².